The average molecular weight is 321 g/mol. The topological polar surface area (TPSA) is 67.2 Å². The Morgan fingerprint density at radius 2 is 1.95 bits per heavy atom. The summed E-state index contributed by atoms with van der Waals surface area (Å²) in [5.74, 6) is -0.836. The van der Waals surface area contributed by atoms with Gasteiger partial charge in [-0.3, -0.25) is 9.48 Å². The number of hydrogen-bond acceptors (Lipinski definition) is 3. The first kappa shape index (κ1) is 18.5. The van der Waals surface area contributed by atoms with Crippen LogP contribution in [0.1, 0.15) is 56.2 Å². The number of aliphatic hydroxyl groups excluding tert-OH is 1. The van der Waals surface area contributed by atoms with Crippen molar-refractivity contribution in [3.63, 3.8) is 0 Å². The van der Waals surface area contributed by atoms with Gasteiger partial charge >= 0.3 is 6.18 Å². The molecule has 1 heterocycles. The smallest absolute Gasteiger partial charge is 0.396 e. The van der Waals surface area contributed by atoms with E-state index < -0.39 is 35.4 Å². The van der Waals surface area contributed by atoms with Crippen LogP contribution in [0.15, 0.2) is 6.20 Å². The number of rotatable bonds is 6. The molecule has 0 fully saturated rings. The maximum atomic E-state index is 13.2. The lowest BCUT2D eigenvalue weighted by molar-refractivity contribution is -0.145. The van der Waals surface area contributed by atoms with Gasteiger partial charge in [0.2, 0.25) is 0 Å². The van der Waals surface area contributed by atoms with Gasteiger partial charge in [-0.15, -0.1) is 0 Å². The van der Waals surface area contributed by atoms with E-state index in [1.54, 1.807) is 13.8 Å². The van der Waals surface area contributed by atoms with Crippen molar-refractivity contribution in [2.45, 2.75) is 52.4 Å². The summed E-state index contributed by atoms with van der Waals surface area (Å²) in [5.41, 5.74) is -1.55. The minimum absolute atomic E-state index is 0.00872. The Labute approximate surface area is 127 Å². The van der Waals surface area contributed by atoms with Gasteiger partial charge in [0, 0.05) is 18.7 Å². The Balaban J connectivity index is 3.13. The van der Waals surface area contributed by atoms with Gasteiger partial charge in [-0.1, -0.05) is 13.8 Å². The van der Waals surface area contributed by atoms with E-state index in [2.05, 4.69) is 10.4 Å². The predicted octanol–water partition coefficient (Wildman–Crippen LogP) is 2.62. The largest absolute Gasteiger partial charge is 0.433 e. The molecular weight excluding hydrogens is 299 g/mol. The molecule has 0 spiro atoms. The standard InChI is InChI=1S/C14H22F3N3O2/c1-8(2)11(5-6-21)19-13(22)10-7-18-20(9(3)4)12(10)14(15,16)17/h7-9,11,21H,5-6H2,1-4H3,(H,19,22). The third kappa shape index (κ3) is 4.22. The summed E-state index contributed by atoms with van der Waals surface area (Å²) in [4.78, 5) is 12.2. The lowest BCUT2D eigenvalue weighted by Crippen LogP contribution is -2.40. The Morgan fingerprint density at radius 1 is 1.36 bits per heavy atom. The summed E-state index contributed by atoms with van der Waals surface area (Å²) in [6.45, 7) is 6.62. The van der Waals surface area contributed by atoms with Gasteiger partial charge in [0.05, 0.1) is 11.8 Å². The van der Waals surface area contributed by atoms with E-state index >= 15 is 0 Å². The molecule has 1 aromatic heterocycles. The van der Waals surface area contributed by atoms with Crippen LogP contribution in [0.4, 0.5) is 13.2 Å². The SMILES string of the molecule is CC(C)C(CCO)NC(=O)c1cnn(C(C)C)c1C(F)(F)F. The second-order valence-electron chi connectivity index (χ2n) is 5.78. The van der Waals surface area contributed by atoms with Crippen LogP contribution in [0.3, 0.4) is 0 Å². The summed E-state index contributed by atoms with van der Waals surface area (Å²) in [6.07, 6.45) is -3.45. The van der Waals surface area contributed by atoms with Crippen molar-refractivity contribution >= 4 is 5.91 Å². The monoisotopic (exact) mass is 321 g/mol. The van der Waals surface area contributed by atoms with Crippen LogP contribution in [0.25, 0.3) is 0 Å². The highest BCUT2D eigenvalue weighted by Gasteiger charge is 2.40. The highest BCUT2D eigenvalue weighted by molar-refractivity contribution is 5.95. The van der Waals surface area contributed by atoms with Gasteiger partial charge in [0.25, 0.3) is 5.91 Å². The number of nitrogens with one attached hydrogen (secondary N) is 1. The summed E-state index contributed by atoms with van der Waals surface area (Å²) in [6, 6.07) is -0.919. The summed E-state index contributed by atoms with van der Waals surface area (Å²) in [5, 5.41) is 15.2. The summed E-state index contributed by atoms with van der Waals surface area (Å²) < 4.78 is 40.5. The van der Waals surface area contributed by atoms with Crippen LogP contribution >= 0.6 is 0 Å². The van der Waals surface area contributed by atoms with Crippen LogP contribution in [0.2, 0.25) is 0 Å². The highest BCUT2D eigenvalue weighted by atomic mass is 19.4. The van der Waals surface area contributed by atoms with E-state index in [9.17, 15) is 18.0 Å². The minimum atomic E-state index is -4.67. The molecule has 0 aromatic carbocycles. The molecule has 0 aliphatic heterocycles. The van der Waals surface area contributed by atoms with Crippen LogP contribution < -0.4 is 5.32 Å². The molecule has 0 radical (unpaired) electrons. The molecule has 1 rings (SSSR count). The zero-order valence-corrected chi connectivity index (χ0v) is 13.1. The number of aliphatic hydroxyl groups is 1. The van der Waals surface area contributed by atoms with Crippen molar-refractivity contribution in [2.24, 2.45) is 5.92 Å². The van der Waals surface area contributed by atoms with Crippen molar-refractivity contribution in [1.82, 2.24) is 15.1 Å². The van der Waals surface area contributed by atoms with Crippen molar-refractivity contribution in [2.75, 3.05) is 6.61 Å². The molecule has 0 saturated carbocycles. The Hall–Kier alpha value is -1.57. The number of carbonyl (C=O) groups is 1. The molecule has 5 nitrogen and oxygen atoms in total. The molecule has 0 aliphatic rings. The Kier molecular flexibility index (Phi) is 5.99. The normalized spacial score (nSPS) is 13.7. The Bertz CT molecular complexity index is 510. The summed E-state index contributed by atoms with van der Waals surface area (Å²) >= 11 is 0. The van der Waals surface area contributed by atoms with E-state index in [0.29, 0.717) is 0 Å². The van der Waals surface area contributed by atoms with Gasteiger partial charge < -0.3 is 10.4 Å². The third-order valence-electron chi connectivity index (χ3n) is 3.36. The molecule has 0 bridgehead atoms. The molecular formula is C14H22F3N3O2. The molecule has 1 aromatic rings. The third-order valence-corrected chi connectivity index (χ3v) is 3.36. The quantitative estimate of drug-likeness (QED) is 0.846. The summed E-state index contributed by atoms with van der Waals surface area (Å²) in [7, 11) is 0. The second kappa shape index (κ2) is 7.13. The zero-order valence-electron chi connectivity index (χ0n) is 13.1. The van der Waals surface area contributed by atoms with Crippen molar-refractivity contribution in [3.8, 4) is 0 Å². The van der Waals surface area contributed by atoms with Gasteiger partial charge in [-0.2, -0.15) is 18.3 Å². The molecule has 2 N–H and O–H groups in total. The molecule has 126 valence electrons. The maximum Gasteiger partial charge on any atom is 0.433 e. The fourth-order valence-corrected chi connectivity index (χ4v) is 2.16. The molecule has 1 amide bonds. The van der Waals surface area contributed by atoms with Crippen molar-refractivity contribution in [1.29, 1.82) is 0 Å². The Morgan fingerprint density at radius 3 is 2.36 bits per heavy atom. The number of amides is 1. The molecule has 0 aliphatic carbocycles. The van der Waals surface area contributed by atoms with E-state index in [-0.39, 0.29) is 18.9 Å². The molecule has 1 atom stereocenters. The number of aromatic nitrogens is 2. The van der Waals surface area contributed by atoms with Gasteiger partial charge in [-0.05, 0) is 26.2 Å². The first-order valence-corrected chi connectivity index (χ1v) is 7.16. The van der Waals surface area contributed by atoms with E-state index in [1.165, 1.54) is 0 Å². The number of alkyl halides is 3. The number of halogens is 3. The lowest BCUT2D eigenvalue weighted by atomic mass is 10.0. The maximum absolute atomic E-state index is 13.2. The molecule has 0 saturated heterocycles. The van der Waals surface area contributed by atoms with E-state index in [1.807, 2.05) is 13.8 Å². The van der Waals surface area contributed by atoms with Gasteiger partial charge in [-0.25, -0.2) is 0 Å². The molecule has 8 heteroatoms. The van der Waals surface area contributed by atoms with Crippen LogP contribution in [-0.4, -0.2) is 33.4 Å². The molecule has 1 unspecified atom stereocenters. The number of nitrogens with zero attached hydrogens (tertiary/aromatic N) is 2. The zero-order chi connectivity index (χ0) is 17.1. The van der Waals surface area contributed by atoms with Crippen molar-refractivity contribution < 1.29 is 23.1 Å². The highest BCUT2D eigenvalue weighted by Crippen LogP contribution is 2.33. The van der Waals surface area contributed by atoms with Crippen LogP contribution in [0.5, 0.6) is 0 Å². The first-order valence-electron chi connectivity index (χ1n) is 7.16. The number of carbonyl (C=O) groups excluding carboxylic acids is 1. The minimum Gasteiger partial charge on any atom is -0.396 e. The average Bonchev–Trinajstić information content (AvgIpc) is 2.82. The van der Waals surface area contributed by atoms with Crippen molar-refractivity contribution in [3.05, 3.63) is 17.5 Å². The molecule has 22 heavy (non-hydrogen) atoms. The van der Waals surface area contributed by atoms with E-state index in [4.69, 9.17) is 5.11 Å². The second-order valence-corrected chi connectivity index (χ2v) is 5.78. The van der Waals surface area contributed by atoms with E-state index in [0.717, 1.165) is 10.9 Å². The van der Waals surface area contributed by atoms with Crippen LogP contribution in [0, 0.1) is 5.92 Å². The van der Waals surface area contributed by atoms with Gasteiger partial charge in [0.15, 0.2) is 5.69 Å². The predicted molar refractivity (Wildman–Crippen MR) is 75.4 cm³/mol. The first-order chi connectivity index (χ1) is 10.1. The van der Waals surface area contributed by atoms with Crippen LogP contribution in [-0.2, 0) is 6.18 Å². The lowest BCUT2D eigenvalue weighted by Gasteiger charge is -2.22. The number of hydrogen-bond donors (Lipinski definition) is 2. The van der Waals surface area contributed by atoms with Gasteiger partial charge in [0.1, 0.15) is 0 Å². The fourth-order valence-electron chi connectivity index (χ4n) is 2.16. The fraction of sp³-hybridized carbons (Fsp3) is 0.714.